The van der Waals surface area contributed by atoms with Crippen LogP contribution in [0.4, 0.5) is 13.2 Å². The van der Waals surface area contributed by atoms with Crippen molar-refractivity contribution in [2.24, 2.45) is 35.5 Å². The first-order valence-corrected chi connectivity index (χ1v) is 34.4. The highest BCUT2D eigenvalue weighted by Crippen LogP contribution is 2.44. The lowest BCUT2D eigenvalue weighted by molar-refractivity contribution is -0.182. The van der Waals surface area contributed by atoms with Gasteiger partial charge in [0.25, 0.3) is 0 Å². The summed E-state index contributed by atoms with van der Waals surface area (Å²) in [6.07, 6.45) is 5.21. The summed E-state index contributed by atoms with van der Waals surface area (Å²) in [5.74, 6) is -9.00. The molecule has 6 fully saturated rings. The highest BCUT2D eigenvalue weighted by atomic mass is 35.5. The number of hydrogen-bond donors (Lipinski definition) is 3. The van der Waals surface area contributed by atoms with E-state index in [0.717, 1.165) is 43.4 Å². The summed E-state index contributed by atoms with van der Waals surface area (Å²) in [7, 11) is 10.3. The third kappa shape index (κ3) is 18.8. The summed E-state index contributed by atoms with van der Waals surface area (Å²) in [5.41, 5.74) is -1.45. The van der Waals surface area contributed by atoms with Crippen molar-refractivity contribution >= 4 is 76.6 Å². The maximum atomic E-state index is 15.3. The van der Waals surface area contributed by atoms with Crippen LogP contribution in [0.2, 0.25) is 0 Å². The van der Waals surface area contributed by atoms with Gasteiger partial charge in [-0.3, -0.25) is 52.7 Å². The minimum atomic E-state index is -4.49. The number of fused-ring (bicyclic) bond motifs is 1. The zero-order valence-electron chi connectivity index (χ0n) is 56.8. The number of alkyl halides is 4. The van der Waals surface area contributed by atoms with Gasteiger partial charge in [0.15, 0.2) is 0 Å². The van der Waals surface area contributed by atoms with Crippen molar-refractivity contribution in [3.05, 3.63) is 0 Å². The number of halogens is 4. The number of rotatable bonds is 10. The van der Waals surface area contributed by atoms with E-state index >= 15 is 9.59 Å². The Morgan fingerprint density at radius 3 is 1.80 bits per heavy atom. The number of likely N-dealkylation sites (N-methyl/N-ethyl adjacent to an activating group) is 7. The van der Waals surface area contributed by atoms with Crippen LogP contribution >= 0.6 is 11.6 Å². The van der Waals surface area contributed by atoms with Gasteiger partial charge < -0.3 is 55.1 Å². The minimum Gasteiger partial charge on any atom is -0.343 e. The minimum absolute atomic E-state index is 0.0187. The molecular formula is C66H107ClF3N11O11. The molecule has 22 nitrogen and oxygen atoms in total. The van der Waals surface area contributed by atoms with Crippen LogP contribution in [0.5, 0.6) is 0 Å². The van der Waals surface area contributed by atoms with Gasteiger partial charge >= 0.3 is 6.18 Å². The van der Waals surface area contributed by atoms with E-state index in [-0.39, 0.29) is 101 Å². The Bertz CT molecular complexity index is 2640. The molecule has 520 valence electrons. The average molecular weight is 1320 g/mol. The summed E-state index contributed by atoms with van der Waals surface area (Å²) in [6.45, 7) is 7.72. The molecule has 0 bridgehead atoms. The molecule has 0 aromatic rings. The summed E-state index contributed by atoms with van der Waals surface area (Å²) < 4.78 is 41.8. The zero-order chi connectivity index (χ0) is 68.3. The van der Waals surface area contributed by atoms with E-state index in [1.165, 1.54) is 69.5 Å². The Kier molecular flexibility index (Phi) is 27.1. The molecule has 3 unspecified atom stereocenters. The van der Waals surface area contributed by atoms with E-state index in [1.807, 2.05) is 20.8 Å². The predicted molar refractivity (Wildman–Crippen MR) is 341 cm³/mol. The van der Waals surface area contributed by atoms with Gasteiger partial charge in [0.2, 0.25) is 65.0 Å². The molecule has 6 rings (SSSR count). The maximum absolute atomic E-state index is 15.3. The molecule has 3 N–H and O–H groups in total. The maximum Gasteiger partial charge on any atom is 0.393 e. The third-order valence-electron chi connectivity index (χ3n) is 21.3. The second-order valence-corrected chi connectivity index (χ2v) is 29.0. The first kappa shape index (κ1) is 75.3. The monoisotopic (exact) mass is 1320 g/mol. The number of nitrogens with one attached hydrogen (secondary N) is 3. The van der Waals surface area contributed by atoms with Crippen molar-refractivity contribution < 1.29 is 65.9 Å². The van der Waals surface area contributed by atoms with Gasteiger partial charge in [0, 0.05) is 73.7 Å². The van der Waals surface area contributed by atoms with Gasteiger partial charge in [-0.25, -0.2) is 0 Å². The Balaban J connectivity index is 1.35. The molecule has 0 radical (unpaired) electrons. The second-order valence-electron chi connectivity index (χ2n) is 28.5. The van der Waals surface area contributed by atoms with Crippen LogP contribution in [0.15, 0.2) is 0 Å². The van der Waals surface area contributed by atoms with Gasteiger partial charge in [-0.1, -0.05) is 85.5 Å². The van der Waals surface area contributed by atoms with Crippen LogP contribution in [0.1, 0.15) is 182 Å². The SMILES string of the molecule is CC[C@H](C)[C@@H]1NC(=O)[C@H](CC(C)C)N(C)C(=O)C[C@@H](C)N(C)C(=O)[C@H](C2CCC2)N(C)C(=O)C2(CCCC2)NC(=O)[C@@H]2CCCN2C(=O)[C@H](CCC2CCC(C(F)(F)F)C(Cl)C2)NC(=O)CN(C)C(=O)[C@H](CC2CCCCC2)N(C)C(=O)CN(C)C(=O)CN(C)C1=O. The summed E-state index contributed by atoms with van der Waals surface area (Å²) in [5, 5.41) is 7.62. The standard InChI is InChI=1S/C66H107ClF3N11O11/c1-13-41(4)56-62(90)76(8)38-54(84)74(6)39-55(85)79(11)51(36-43-21-15-14-16-22-43)61(89)75(7)37-52(82)71-48(29-27-44-26-28-46(47(67)35-44)66(68,69)70)60(88)81-32-20-25-49(81)59(87)73-65(30-17-18-31-65)64(92)80(12)57(45-23-19-24-45)63(91)77(9)42(5)34-53(83)78(10)50(33-40(2)3)58(86)72-56/h40-51,56-57H,13-39H2,1-12H3,(H,71,82)(H,72,86)(H,73,87)/t41-,42+,44?,46?,47?,48-,49-,50-,51-,56-,57-/m0/s1. The second kappa shape index (κ2) is 33.1. The Hall–Kier alpha value is -5.75. The lowest BCUT2D eigenvalue weighted by Crippen LogP contribution is -2.65. The lowest BCUT2D eigenvalue weighted by Gasteiger charge is -2.44. The molecule has 0 aromatic heterocycles. The molecule has 2 aliphatic heterocycles. The molecule has 4 aliphatic carbocycles. The number of nitrogens with zero attached hydrogens (tertiary/aromatic N) is 8. The average Bonchev–Trinajstić information content (AvgIpc) is 1.07. The molecule has 11 atom stereocenters. The third-order valence-corrected chi connectivity index (χ3v) is 21.8. The molecule has 26 heteroatoms. The van der Waals surface area contributed by atoms with E-state index in [2.05, 4.69) is 16.0 Å². The van der Waals surface area contributed by atoms with Crippen LogP contribution in [0.25, 0.3) is 0 Å². The van der Waals surface area contributed by atoms with Crippen molar-refractivity contribution in [1.82, 2.24) is 55.1 Å². The number of hydrogen-bond acceptors (Lipinski definition) is 11. The molecule has 92 heavy (non-hydrogen) atoms. The highest BCUT2D eigenvalue weighted by Gasteiger charge is 2.52. The van der Waals surface area contributed by atoms with Crippen molar-refractivity contribution in [1.29, 1.82) is 0 Å². The van der Waals surface area contributed by atoms with Crippen LogP contribution in [0.3, 0.4) is 0 Å². The highest BCUT2D eigenvalue weighted by molar-refractivity contribution is 6.20. The normalized spacial score (nSPS) is 30.5. The number of amides is 11. The fourth-order valence-electron chi connectivity index (χ4n) is 14.7. The van der Waals surface area contributed by atoms with E-state index in [4.69, 9.17) is 11.6 Å². The van der Waals surface area contributed by atoms with Gasteiger partial charge in [0.1, 0.15) is 41.8 Å². The quantitative estimate of drug-likeness (QED) is 0.224. The molecule has 1 spiro atoms. The van der Waals surface area contributed by atoms with Crippen molar-refractivity contribution in [3.63, 3.8) is 0 Å². The fourth-order valence-corrected chi connectivity index (χ4v) is 15.2. The van der Waals surface area contributed by atoms with Crippen LogP contribution in [0, 0.1) is 35.5 Å². The van der Waals surface area contributed by atoms with Gasteiger partial charge in [0.05, 0.1) is 25.6 Å². The number of carbonyl (C=O) groups is 11. The molecule has 6 aliphatic rings. The van der Waals surface area contributed by atoms with Gasteiger partial charge in [-0.2, -0.15) is 13.2 Å². The first-order chi connectivity index (χ1) is 43.2. The van der Waals surface area contributed by atoms with E-state index in [1.54, 1.807) is 27.9 Å². The van der Waals surface area contributed by atoms with E-state index in [9.17, 15) is 56.3 Å². The van der Waals surface area contributed by atoms with Crippen molar-refractivity contribution in [3.8, 4) is 0 Å². The molecule has 11 amide bonds. The fraction of sp³-hybridized carbons (Fsp3) is 0.833. The Morgan fingerprint density at radius 1 is 0.598 bits per heavy atom. The van der Waals surface area contributed by atoms with Crippen molar-refractivity contribution in [2.45, 2.75) is 242 Å². The topological polar surface area (TPSA) is 250 Å². The van der Waals surface area contributed by atoms with Crippen LogP contribution in [-0.4, -0.2) is 239 Å². The van der Waals surface area contributed by atoms with Crippen molar-refractivity contribution in [2.75, 3.05) is 75.5 Å². The summed E-state index contributed by atoms with van der Waals surface area (Å²) in [4.78, 5) is 171. The van der Waals surface area contributed by atoms with E-state index < -0.39 is 156 Å². The number of carbonyl (C=O) groups excluding carboxylic acids is 11. The van der Waals surface area contributed by atoms with Gasteiger partial charge in [-0.15, -0.1) is 11.6 Å². The Labute approximate surface area is 548 Å². The molecule has 2 heterocycles. The first-order valence-electron chi connectivity index (χ1n) is 33.9. The zero-order valence-corrected chi connectivity index (χ0v) is 57.5. The largest absolute Gasteiger partial charge is 0.393 e. The lowest BCUT2D eigenvalue weighted by atomic mass is 9.78. The molecule has 0 aromatic carbocycles. The summed E-state index contributed by atoms with van der Waals surface area (Å²) >= 11 is 6.37. The van der Waals surface area contributed by atoms with Crippen LogP contribution in [-0.2, 0) is 52.7 Å². The van der Waals surface area contributed by atoms with Crippen LogP contribution < -0.4 is 16.0 Å². The Morgan fingerprint density at radius 2 is 1.22 bits per heavy atom. The smallest absolute Gasteiger partial charge is 0.343 e. The predicted octanol–water partition coefficient (Wildman–Crippen LogP) is 5.71. The summed E-state index contributed by atoms with van der Waals surface area (Å²) in [6, 6.07) is -7.35. The molecule has 2 saturated heterocycles. The van der Waals surface area contributed by atoms with E-state index in [0.29, 0.717) is 38.5 Å². The van der Waals surface area contributed by atoms with Gasteiger partial charge in [-0.05, 0) is 120 Å². The molecular weight excluding hydrogens is 1220 g/mol. The molecule has 4 saturated carbocycles.